The van der Waals surface area contributed by atoms with Crippen LogP contribution in [0.1, 0.15) is 36.0 Å². The van der Waals surface area contributed by atoms with Crippen molar-refractivity contribution in [2.75, 3.05) is 7.11 Å². The van der Waals surface area contributed by atoms with Crippen LogP contribution < -0.4 is 10.1 Å². The number of benzene rings is 1. The highest BCUT2D eigenvalue weighted by Gasteiger charge is 2.30. The standard InChI is InChI=1S/C15H19N3O2/c1-10-17-15(20-18-10)9-16-13-6-12(7-13)11-4-3-5-14(8-11)19-2/h3-5,8,12-13,16H,6-7,9H2,1-2H3. The van der Waals surface area contributed by atoms with Crippen LogP contribution in [0.25, 0.3) is 0 Å². The predicted octanol–water partition coefficient (Wildman–Crippen LogP) is 2.42. The molecule has 1 aromatic heterocycles. The van der Waals surface area contributed by atoms with E-state index in [0.29, 0.717) is 30.2 Å². The van der Waals surface area contributed by atoms with Crippen molar-refractivity contribution in [2.24, 2.45) is 0 Å². The fourth-order valence-corrected chi connectivity index (χ4v) is 2.60. The Bertz CT molecular complexity index is 576. The largest absolute Gasteiger partial charge is 0.497 e. The second kappa shape index (κ2) is 5.63. The zero-order chi connectivity index (χ0) is 13.9. The normalized spacial score (nSPS) is 21.5. The lowest BCUT2D eigenvalue weighted by atomic mass is 9.76. The molecule has 1 N–H and O–H groups in total. The molecular weight excluding hydrogens is 254 g/mol. The lowest BCUT2D eigenvalue weighted by Gasteiger charge is -2.36. The van der Waals surface area contributed by atoms with Crippen molar-refractivity contribution in [3.63, 3.8) is 0 Å². The molecule has 1 aliphatic rings. The highest BCUT2D eigenvalue weighted by molar-refractivity contribution is 5.32. The van der Waals surface area contributed by atoms with Crippen LogP contribution in [0.5, 0.6) is 5.75 Å². The molecule has 5 heteroatoms. The van der Waals surface area contributed by atoms with Gasteiger partial charge in [-0.05, 0) is 43.4 Å². The quantitative estimate of drug-likeness (QED) is 0.906. The number of nitrogens with zero attached hydrogens (tertiary/aromatic N) is 2. The minimum Gasteiger partial charge on any atom is -0.497 e. The summed E-state index contributed by atoms with van der Waals surface area (Å²) in [6.45, 7) is 2.48. The average Bonchev–Trinajstić information content (AvgIpc) is 2.83. The summed E-state index contributed by atoms with van der Waals surface area (Å²) >= 11 is 0. The summed E-state index contributed by atoms with van der Waals surface area (Å²) in [4.78, 5) is 4.18. The summed E-state index contributed by atoms with van der Waals surface area (Å²) in [6.07, 6.45) is 2.28. The molecule has 0 aliphatic heterocycles. The van der Waals surface area contributed by atoms with Gasteiger partial charge in [0.25, 0.3) is 0 Å². The Kier molecular flexibility index (Phi) is 3.69. The summed E-state index contributed by atoms with van der Waals surface area (Å²) in [6, 6.07) is 8.86. The number of nitrogens with one attached hydrogen (secondary N) is 1. The first-order valence-corrected chi connectivity index (χ1v) is 6.91. The van der Waals surface area contributed by atoms with Gasteiger partial charge < -0.3 is 14.6 Å². The van der Waals surface area contributed by atoms with Crippen molar-refractivity contribution in [1.82, 2.24) is 15.5 Å². The van der Waals surface area contributed by atoms with Gasteiger partial charge in [-0.25, -0.2) is 0 Å². The Morgan fingerprint density at radius 2 is 2.25 bits per heavy atom. The molecule has 1 aliphatic carbocycles. The van der Waals surface area contributed by atoms with Gasteiger partial charge >= 0.3 is 0 Å². The fraction of sp³-hybridized carbons (Fsp3) is 0.467. The van der Waals surface area contributed by atoms with Crippen LogP contribution >= 0.6 is 0 Å². The van der Waals surface area contributed by atoms with E-state index in [4.69, 9.17) is 9.26 Å². The third-order valence-corrected chi connectivity index (χ3v) is 3.81. The maximum absolute atomic E-state index is 5.26. The molecule has 5 nitrogen and oxygen atoms in total. The van der Waals surface area contributed by atoms with Crippen LogP contribution in [0.15, 0.2) is 28.8 Å². The Labute approximate surface area is 118 Å². The molecule has 20 heavy (non-hydrogen) atoms. The second-order valence-corrected chi connectivity index (χ2v) is 5.26. The van der Waals surface area contributed by atoms with E-state index in [1.54, 1.807) is 7.11 Å². The number of hydrogen-bond acceptors (Lipinski definition) is 5. The molecule has 2 aromatic rings. The molecule has 1 aromatic carbocycles. The topological polar surface area (TPSA) is 60.2 Å². The summed E-state index contributed by atoms with van der Waals surface area (Å²) in [5.74, 6) is 2.89. The zero-order valence-corrected chi connectivity index (χ0v) is 11.8. The van der Waals surface area contributed by atoms with Crippen molar-refractivity contribution in [2.45, 2.75) is 38.3 Å². The van der Waals surface area contributed by atoms with Gasteiger partial charge in [0.15, 0.2) is 5.82 Å². The van der Waals surface area contributed by atoms with Crippen molar-refractivity contribution >= 4 is 0 Å². The van der Waals surface area contributed by atoms with E-state index in [9.17, 15) is 0 Å². The molecule has 1 saturated carbocycles. The first kappa shape index (κ1) is 13.1. The molecule has 1 fully saturated rings. The third kappa shape index (κ3) is 2.82. The predicted molar refractivity (Wildman–Crippen MR) is 74.6 cm³/mol. The van der Waals surface area contributed by atoms with Gasteiger partial charge in [-0.15, -0.1) is 0 Å². The van der Waals surface area contributed by atoms with Crippen molar-refractivity contribution in [3.05, 3.63) is 41.5 Å². The molecule has 0 unspecified atom stereocenters. The van der Waals surface area contributed by atoms with E-state index in [2.05, 4.69) is 33.7 Å². The highest BCUT2D eigenvalue weighted by atomic mass is 16.5. The number of aromatic nitrogens is 2. The molecule has 0 atom stereocenters. The second-order valence-electron chi connectivity index (χ2n) is 5.26. The maximum Gasteiger partial charge on any atom is 0.240 e. The number of ether oxygens (including phenoxy) is 1. The van der Waals surface area contributed by atoms with Gasteiger partial charge in [0.2, 0.25) is 5.89 Å². The van der Waals surface area contributed by atoms with Gasteiger partial charge in [0.05, 0.1) is 13.7 Å². The highest BCUT2D eigenvalue weighted by Crippen LogP contribution is 2.37. The molecule has 0 amide bonds. The first-order chi connectivity index (χ1) is 9.74. The number of methoxy groups -OCH3 is 1. The number of rotatable bonds is 5. The van der Waals surface area contributed by atoms with Gasteiger partial charge in [0.1, 0.15) is 5.75 Å². The number of aryl methyl sites for hydroxylation is 1. The van der Waals surface area contributed by atoms with Crippen LogP contribution in [0, 0.1) is 6.92 Å². The van der Waals surface area contributed by atoms with Crippen molar-refractivity contribution in [1.29, 1.82) is 0 Å². The minimum atomic E-state index is 0.526. The lowest BCUT2D eigenvalue weighted by molar-refractivity contribution is 0.271. The average molecular weight is 273 g/mol. The fourth-order valence-electron chi connectivity index (χ4n) is 2.60. The summed E-state index contributed by atoms with van der Waals surface area (Å²) in [5.41, 5.74) is 1.36. The molecule has 0 spiro atoms. The Morgan fingerprint density at radius 1 is 1.40 bits per heavy atom. The summed E-state index contributed by atoms with van der Waals surface area (Å²) in [5, 5.41) is 7.23. The number of hydrogen-bond donors (Lipinski definition) is 1. The van der Waals surface area contributed by atoms with Crippen molar-refractivity contribution in [3.8, 4) is 5.75 Å². The van der Waals surface area contributed by atoms with Crippen LogP contribution in [0.4, 0.5) is 0 Å². The molecule has 0 radical (unpaired) electrons. The smallest absolute Gasteiger partial charge is 0.240 e. The van der Waals surface area contributed by atoms with Gasteiger partial charge in [-0.2, -0.15) is 4.98 Å². The molecule has 0 saturated heterocycles. The maximum atomic E-state index is 5.26. The van der Waals surface area contributed by atoms with E-state index in [1.807, 2.05) is 13.0 Å². The van der Waals surface area contributed by atoms with Crippen LogP contribution in [0.2, 0.25) is 0 Å². The van der Waals surface area contributed by atoms with E-state index >= 15 is 0 Å². The van der Waals surface area contributed by atoms with Gasteiger partial charge in [-0.3, -0.25) is 0 Å². The summed E-state index contributed by atoms with van der Waals surface area (Å²) in [7, 11) is 1.70. The zero-order valence-electron chi connectivity index (χ0n) is 11.8. The Balaban J connectivity index is 1.48. The van der Waals surface area contributed by atoms with E-state index in [-0.39, 0.29) is 0 Å². The lowest BCUT2D eigenvalue weighted by Crippen LogP contribution is -2.39. The molecule has 1 heterocycles. The first-order valence-electron chi connectivity index (χ1n) is 6.91. The van der Waals surface area contributed by atoms with Gasteiger partial charge in [0, 0.05) is 6.04 Å². The van der Waals surface area contributed by atoms with E-state index < -0.39 is 0 Å². The Morgan fingerprint density at radius 3 is 2.95 bits per heavy atom. The summed E-state index contributed by atoms with van der Waals surface area (Å²) < 4.78 is 10.3. The molecule has 106 valence electrons. The minimum absolute atomic E-state index is 0.526. The monoisotopic (exact) mass is 273 g/mol. The third-order valence-electron chi connectivity index (χ3n) is 3.81. The van der Waals surface area contributed by atoms with E-state index in [0.717, 1.165) is 18.6 Å². The SMILES string of the molecule is COc1cccc(C2CC(NCc3nc(C)no3)C2)c1. The van der Waals surface area contributed by atoms with Gasteiger partial charge in [-0.1, -0.05) is 17.3 Å². The van der Waals surface area contributed by atoms with Crippen LogP contribution in [0.3, 0.4) is 0 Å². The Hall–Kier alpha value is -1.88. The van der Waals surface area contributed by atoms with Crippen LogP contribution in [-0.2, 0) is 6.54 Å². The molecule has 3 rings (SSSR count). The molecular formula is C15H19N3O2. The molecule has 0 bridgehead atoms. The van der Waals surface area contributed by atoms with Crippen molar-refractivity contribution < 1.29 is 9.26 Å². The van der Waals surface area contributed by atoms with Crippen LogP contribution in [-0.4, -0.2) is 23.3 Å². The van der Waals surface area contributed by atoms with E-state index in [1.165, 1.54) is 5.56 Å².